The lowest BCUT2D eigenvalue weighted by atomic mass is 9.84. The average molecular weight is 271 g/mol. The Morgan fingerprint density at radius 1 is 1.11 bits per heavy atom. The molecule has 3 N–H and O–H groups in total. The first kappa shape index (κ1) is 16.0. The Hall–Kier alpha value is -1.10. The molecule has 5 heteroatoms. The molecule has 0 aromatic heterocycles. The smallest absolute Gasteiger partial charge is 0.307 e. The number of amides is 1. The molecule has 0 heterocycles. The van der Waals surface area contributed by atoms with E-state index >= 15 is 0 Å². The van der Waals surface area contributed by atoms with Crippen LogP contribution in [0.3, 0.4) is 0 Å². The van der Waals surface area contributed by atoms with Crippen LogP contribution in [0.15, 0.2) is 0 Å². The van der Waals surface area contributed by atoms with Crippen LogP contribution in [0.4, 0.5) is 0 Å². The highest BCUT2D eigenvalue weighted by Gasteiger charge is 2.44. The number of carbonyl (C=O) groups is 2. The molecule has 1 aliphatic rings. The van der Waals surface area contributed by atoms with E-state index in [1.54, 1.807) is 27.7 Å². The van der Waals surface area contributed by atoms with Gasteiger partial charge >= 0.3 is 5.97 Å². The van der Waals surface area contributed by atoms with E-state index in [9.17, 15) is 19.8 Å². The Morgan fingerprint density at radius 3 is 2.00 bits per heavy atom. The number of hydrogen-bond acceptors (Lipinski definition) is 3. The Morgan fingerprint density at radius 2 is 1.58 bits per heavy atom. The van der Waals surface area contributed by atoms with Gasteiger partial charge in [0.25, 0.3) is 0 Å². The molecule has 0 saturated heterocycles. The summed E-state index contributed by atoms with van der Waals surface area (Å²) >= 11 is 0. The van der Waals surface area contributed by atoms with Gasteiger partial charge in [-0.2, -0.15) is 0 Å². The van der Waals surface area contributed by atoms with Crippen LogP contribution in [0, 0.1) is 17.8 Å². The van der Waals surface area contributed by atoms with Gasteiger partial charge in [-0.3, -0.25) is 9.59 Å². The van der Waals surface area contributed by atoms with Gasteiger partial charge in [-0.05, 0) is 46.5 Å². The summed E-state index contributed by atoms with van der Waals surface area (Å²) in [6.07, 6.45) is 1.13. The van der Waals surface area contributed by atoms with Gasteiger partial charge in [-0.25, -0.2) is 0 Å². The second-order valence-corrected chi connectivity index (χ2v) is 6.80. The van der Waals surface area contributed by atoms with Gasteiger partial charge in [-0.1, -0.05) is 6.92 Å². The second kappa shape index (κ2) is 5.12. The van der Waals surface area contributed by atoms with Gasteiger partial charge in [0.15, 0.2) is 0 Å². The molecule has 3 atom stereocenters. The number of carbonyl (C=O) groups excluding carboxylic acids is 1. The molecule has 0 aromatic rings. The lowest BCUT2D eigenvalue weighted by Gasteiger charge is -2.39. The fourth-order valence-electron chi connectivity index (χ4n) is 2.41. The molecule has 1 amide bonds. The first-order valence-corrected chi connectivity index (χ1v) is 6.73. The van der Waals surface area contributed by atoms with Gasteiger partial charge < -0.3 is 15.5 Å². The molecule has 1 saturated carbocycles. The number of carboxylic acid groups (broad SMARTS) is 1. The van der Waals surface area contributed by atoms with E-state index in [-0.39, 0.29) is 11.8 Å². The summed E-state index contributed by atoms with van der Waals surface area (Å²) in [4.78, 5) is 23.5. The van der Waals surface area contributed by atoms with E-state index in [2.05, 4.69) is 5.32 Å². The lowest BCUT2D eigenvalue weighted by Crippen LogP contribution is -2.59. The molecule has 1 unspecified atom stereocenters. The minimum atomic E-state index is -1.08. The number of nitrogens with one attached hydrogen (secondary N) is 1. The van der Waals surface area contributed by atoms with Crippen LogP contribution in [-0.4, -0.2) is 33.2 Å². The molecule has 5 nitrogen and oxygen atoms in total. The molecule has 0 spiro atoms. The highest BCUT2D eigenvalue weighted by Crippen LogP contribution is 2.37. The normalized spacial score (nSPS) is 28.2. The molecule has 110 valence electrons. The maximum absolute atomic E-state index is 12.3. The van der Waals surface area contributed by atoms with Crippen LogP contribution in [0.2, 0.25) is 0 Å². The van der Waals surface area contributed by atoms with Crippen LogP contribution >= 0.6 is 0 Å². The fourth-order valence-corrected chi connectivity index (χ4v) is 2.41. The lowest BCUT2D eigenvalue weighted by molar-refractivity contribution is -0.147. The quantitative estimate of drug-likeness (QED) is 0.721. The molecule has 0 aromatic carbocycles. The van der Waals surface area contributed by atoms with E-state index in [4.69, 9.17) is 0 Å². The van der Waals surface area contributed by atoms with Crippen molar-refractivity contribution >= 4 is 11.9 Å². The summed E-state index contributed by atoms with van der Waals surface area (Å²) in [5.41, 5.74) is -1.88. The van der Waals surface area contributed by atoms with Crippen LogP contribution in [-0.2, 0) is 9.59 Å². The Labute approximate surface area is 114 Å². The van der Waals surface area contributed by atoms with Crippen molar-refractivity contribution in [2.45, 2.75) is 58.6 Å². The predicted molar refractivity (Wildman–Crippen MR) is 71.5 cm³/mol. The van der Waals surface area contributed by atoms with Gasteiger partial charge in [0.2, 0.25) is 5.91 Å². The van der Waals surface area contributed by atoms with Gasteiger partial charge in [0.1, 0.15) is 0 Å². The third-order valence-electron chi connectivity index (χ3n) is 4.42. The summed E-state index contributed by atoms with van der Waals surface area (Å²) in [7, 11) is 0. The largest absolute Gasteiger partial charge is 0.481 e. The van der Waals surface area contributed by atoms with E-state index in [1.807, 2.05) is 6.92 Å². The minimum absolute atomic E-state index is 0.238. The average Bonchev–Trinajstić information content (AvgIpc) is 2.58. The van der Waals surface area contributed by atoms with Crippen LogP contribution < -0.4 is 5.32 Å². The molecule has 1 fully saturated rings. The van der Waals surface area contributed by atoms with Crippen LogP contribution in [0.5, 0.6) is 0 Å². The van der Waals surface area contributed by atoms with E-state index in [0.29, 0.717) is 12.8 Å². The Balaban J connectivity index is 2.81. The maximum Gasteiger partial charge on any atom is 0.307 e. The van der Waals surface area contributed by atoms with Crippen molar-refractivity contribution < 1.29 is 19.8 Å². The van der Waals surface area contributed by atoms with E-state index < -0.39 is 28.9 Å². The number of carboxylic acids is 1. The number of aliphatic hydroxyl groups is 1. The van der Waals surface area contributed by atoms with E-state index in [0.717, 1.165) is 0 Å². The summed E-state index contributed by atoms with van der Waals surface area (Å²) in [6.45, 7) is 8.68. The van der Waals surface area contributed by atoms with Crippen molar-refractivity contribution in [3.63, 3.8) is 0 Å². The zero-order valence-corrected chi connectivity index (χ0v) is 12.4. The van der Waals surface area contributed by atoms with Crippen molar-refractivity contribution in [3.8, 4) is 0 Å². The summed E-state index contributed by atoms with van der Waals surface area (Å²) in [5.74, 6) is -2.07. The second-order valence-electron chi connectivity index (χ2n) is 6.80. The molecule has 1 aliphatic carbocycles. The van der Waals surface area contributed by atoms with Crippen LogP contribution in [0.1, 0.15) is 47.5 Å². The predicted octanol–water partition coefficient (Wildman–Crippen LogP) is 1.40. The topological polar surface area (TPSA) is 86.6 Å². The zero-order chi connectivity index (χ0) is 15.0. The van der Waals surface area contributed by atoms with Crippen molar-refractivity contribution in [3.05, 3.63) is 0 Å². The highest BCUT2D eigenvalue weighted by atomic mass is 16.4. The SMILES string of the molecule is CC1C[C@H](C(=O)NC(C)(C)C(C)(C)O)[C@H](C(=O)O)C1. The fraction of sp³-hybridized carbons (Fsp3) is 0.857. The van der Waals surface area contributed by atoms with Crippen molar-refractivity contribution in [1.82, 2.24) is 5.32 Å². The zero-order valence-electron chi connectivity index (χ0n) is 12.4. The first-order valence-electron chi connectivity index (χ1n) is 6.73. The maximum atomic E-state index is 12.3. The number of hydrogen-bond donors (Lipinski definition) is 3. The summed E-state index contributed by atoms with van der Waals surface area (Å²) in [5, 5.41) is 22.0. The number of aliphatic carboxylic acids is 1. The third-order valence-corrected chi connectivity index (χ3v) is 4.42. The van der Waals surface area contributed by atoms with E-state index in [1.165, 1.54) is 0 Å². The molecular formula is C14H25NO4. The molecule has 19 heavy (non-hydrogen) atoms. The molecule has 1 rings (SSSR count). The summed E-state index contributed by atoms with van der Waals surface area (Å²) < 4.78 is 0. The van der Waals surface area contributed by atoms with Crippen molar-refractivity contribution in [2.75, 3.05) is 0 Å². The number of rotatable bonds is 4. The molecule has 0 bridgehead atoms. The molecular weight excluding hydrogens is 246 g/mol. The minimum Gasteiger partial charge on any atom is -0.481 e. The van der Waals surface area contributed by atoms with Crippen LogP contribution in [0.25, 0.3) is 0 Å². The third kappa shape index (κ3) is 3.47. The highest BCUT2D eigenvalue weighted by molar-refractivity contribution is 5.85. The first-order chi connectivity index (χ1) is 8.45. The molecule has 0 radical (unpaired) electrons. The van der Waals surface area contributed by atoms with Crippen molar-refractivity contribution in [2.24, 2.45) is 17.8 Å². The monoisotopic (exact) mass is 271 g/mol. The summed E-state index contributed by atoms with van der Waals surface area (Å²) in [6, 6.07) is 0. The van der Waals surface area contributed by atoms with Gasteiger partial charge in [0.05, 0.1) is 23.0 Å². The molecule has 0 aliphatic heterocycles. The van der Waals surface area contributed by atoms with Crippen molar-refractivity contribution in [1.29, 1.82) is 0 Å². The Bertz CT molecular complexity index is 370. The standard InChI is InChI=1S/C14H25NO4/c1-8-6-9(10(7-8)12(17)18)11(16)15-13(2,3)14(4,5)19/h8-10,19H,6-7H2,1-5H3,(H,15,16)(H,17,18)/t8?,9-,10+/m0/s1. The van der Waals surface area contributed by atoms with Gasteiger partial charge in [0, 0.05) is 0 Å². The van der Waals surface area contributed by atoms with Gasteiger partial charge in [-0.15, -0.1) is 0 Å². The Kier molecular flexibility index (Phi) is 4.30.